The summed E-state index contributed by atoms with van der Waals surface area (Å²) in [4.78, 5) is 86.5. The molecule has 16 nitrogen and oxygen atoms in total. The lowest BCUT2D eigenvalue weighted by molar-refractivity contribution is -0.145. The largest absolute Gasteiger partial charge is 0.440 e. The van der Waals surface area contributed by atoms with E-state index in [1.54, 1.807) is 41.8 Å². The predicted molar refractivity (Wildman–Crippen MR) is 276 cm³/mol. The number of nitrogens with zero attached hydrogens (tertiary/aromatic N) is 2. The molecule has 4 aromatic rings. The van der Waals surface area contributed by atoms with Crippen LogP contribution in [-0.4, -0.2) is 127 Å². The van der Waals surface area contributed by atoms with E-state index in [0.29, 0.717) is 38.8 Å². The minimum atomic E-state index is -1.19. The molecule has 2 fully saturated rings. The summed E-state index contributed by atoms with van der Waals surface area (Å²) < 4.78 is 11.8. The van der Waals surface area contributed by atoms with Crippen molar-refractivity contribution in [2.45, 2.75) is 114 Å². The van der Waals surface area contributed by atoms with Crippen molar-refractivity contribution in [2.24, 2.45) is 0 Å². The molecule has 0 radical (unpaired) electrons. The summed E-state index contributed by atoms with van der Waals surface area (Å²) in [5.41, 5.74) is 8.16. The molecule has 380 valence electrons. The Morgan fingerprint density at radius 3 is 1.34 bits per heavy atom. The maximum atomic E-state index is 14.4. The number of likely N-dealkylation sites (tertiary alicyclic amines) is 2. The summed E-state index contributed by atoms with van der Waals surface area (Å²) in [6.45, 7) is 7.07. The number of carbonyl (C=O) groups excluding carboxylic acids is 6. The highest BCUT2D eigenvalue weighted by atomic mass is 16.5. The number of hydrogen-bond donors (Lipinski definition) is 6. The van der Waals surface area contributed by atoms with Crippen molar-refractivity contribution in [3.05, 3.63) is 119 Å². The lowest BCUT2D eigenvalue weighted by Crippen LogP contribution is -2.59. The van der Waals surface area contributed by atoms with Gasteiger partial charge >= 0.3 is 0 Å². The fourth-order valence-corrected chi connectivity index (χ4v) is 10.2. The molecule has 0 bridgehead atoms. The number of carbonyl (C=O) groups is 6. The molecule has 6 amide bonds. The van der Waals surface area contributed by atoms with Crippen molar-refractivity contribution in [1.29, 1.82) is 0 Å². The zero-order chi connectivity index (χ0) is 51.8. The van der Waals surface area contributed by atoms with Crippen LogP contribution in [0.2, 0.25) is 0 Å². The SMILES string of the molecule is CN[C@@H](C)C(=O)N[C@H](C(=O)N1CCC[C@H]1C(=O)NC1c2ccccc2-c2ccccc21)[C@@H](C)OC#CC#CCO[C@H](C)[C@H](NC(=O)[C@H](C)NC)C(=O)N1CCC[C@H]1C(=O)NC1c2ccccc2-c2ccccc21. The Morgan fingerprint density at radius 1 is 0.562 bits per heavy atom. The van der Waals surface area contributed by atoms with E-state index in [1.165, 1.54) is 9.80 Å². The van der Waals surface area contributed by atoms with Crippen LogP contribution in [0.15, 0.2) is 97.1 Å². The number of benzene rings is 4. The fourth-order valence-electron chi connectivity index (χ4n) is 10.2. The third kappa shape index (κ3) is 11.1. The first-order chi connectivity index (χ1) is 35.3. The third-order valence-corrected chi connectivity index (χ3v) is 14.5. The van der Waals surface area contributed by atoms with Crippen LogP contribution in [-0.2, 0) is 38.2 Å². The lowest BCUT2D eigenvalue weighted by atomic mass is 10.0. The van der Waals surface area contributed by atoms with Gasteiger partial charge in [-0.2, -0.15) is 0 Å². The van der Waals surface area contributed by atoms with Crippen LogP contribution in [0, 0.1) is 23.9 Å². The van der Waals surface area contributed by atoms with Gasteiger partial charge in [0.15, 0.2) is 0 Å². The number of fused-ring (bicyclic) bond motifs is 6. The highest BCUT2D eigenvalue weighted by molar-refractivity contribution is 5.96. The highest BCUT2D eigenvalue weighted by Crippen LogP contribution is 2.44. The zero-order valence-electron chi connectivity index (χ0n) is 42.1. The predicted octanol–water partition coefficient (Wildman–Crippen LogP) is 3.70. The van der Waals surface area contributed by atoms with Gasteiger partial charge in [0.05, 0.1) is 30.3 Å². The van der Waals surface area contributed by atoms with E-state index in [2.05, 4.69) is 55.8 Å². The Bertz CT molecular complexity index is 2780. The second-order valence-corrected chi connectivity index (χ2v) is 19.0. The molecule has 8 atom stereocenters. The molecule has 2 aliphatic heterocycles. The molecule has 2 aliphatic carbocycles. The summed E-state index contributed by atoms with van der Waals surface area (Å²) in [6, 6.07) is 26.0. The van der Waals surface area contributed by atoms with Crippen LogP contribution >= 0.6 is 0 Å². The first-order valence-corrected chi connectivity index (χ1v) is 25.1. The van der Waals surface area contributed by atoms with Gasteiger partial charge in [-0.3, -0.25) is 28.8 Å². The molecule has 0 spiro atoms. The summed E-state index contributed by atoms with van der Waals surface area (Å²) >= 11 is 0. The van der Waals surface area contributed by atoms with Crippen LogP contribution in [0.4, 0.5) is 0 Å². The number of hydrogen-bond acceptors (Lipinski definition) is 10. The molecule has 0 aromatic heterocycles. The van der Waals surface area contributed by atoms with Crippen molar-refractivity contribution in [3.63, 3.8) is 0 Å². The molecule has 4 aliphatic rings. The van der Waals surface area contributed by atoms with Crippen molar-refractivity contribution in [1.82, 2.24) is 41.7 Å². The van der Waals surface area contributed by atoms with E-state index in [1.807, 2.05) is 97.1 Å². The molecular formula is C57H64N8O8. The van der Waals surface area contributed by atoms with E-state index in [4.69, 9.17) is 9.47 Å². The molecule has 8 rings (SSSR count). The maximum Gasteiger partial charge on any atom is 0.249 e. The number of ether oxygens (including phenoxy) is 2. The van der Waals surface area contributed by atoms with Crippen molar-refractivity contribution in [3.8, 4) is 46.1 Å². The molecular weight excluding hydrogens is 925 g/mol. The van der Waals surface area contributed by atoms with E-state index in [0.717, 1.165) is 44.5 Å². The molecule has 2 heterocycles. The maximum absolute atomic E-state index is 14.4. The minimum Gasteiger partial charge on any atom is -0.440 e. The summed E-state index contributed by atoms with van der Waals surface area (Å²) in [5.74, 6) is 5.73. The lowest BCUT2D eigenvalue weighted by Gasteiger charge is -2.32. The van der Waals surface area contributed by atoms with E-state index in [9.17, 15) is 28.8 Å². The van der Waals surface area contributed by atoms with Crippen LogP contribution in [0.1, 0.15) is 87.7 Å². The first kappa shape index (κ1) is 51.8. The van der Waals surface area contributed by atoms with Gasteiger partial charge in [-0.1, -0.05) is 103 Å². The standard InChI is InChI=1S/C57H64N8O8/c1-34(58-5)52(66)60-48(56(70)64-30-18-28-46(64)54(68)62-50-42-24-12-8-20-38(42)39-21-9-13-25-43(39)50)36(3)72-32-16-7-17-33-73-37(4)49(61-53(67)35(2)59-6)57(71)65-31-19-29-47(65)55(69)63-51-44-26-14-10-22-40(44)41-23-11-15-27-45(41)51/h8-15,20-27,34-37,46-51,58-59H,18-19,28-32H2,1-6H3,(H,60,66)(H,61,67)(H,62,68)(H,63,69)/t34-,35-,36+,37+,46-,47-,48-,49-/m0/s1. The average molecular weight is 989 g/mol. The van der Waals surface area contributed by atoms with Gasteiger partial charge in [0.2, 0.25) is 35.4 Å². The molecule has 0 unspecified atom stereocenters. The minimum absolute atomic E-state index is 0.174. The van der Waals surface area contributed by atoms with Gasteiger partial charge in [0.25, 0.3) is 0 Å². The number of amides is 6. The molecule has 73 heavy (non-hydrogen) atoms. The van der Waals surface area contributed by atoms with E-state index in [-0.39, 0.29) is 30.5 Å². The Balaban J connectivity index is 0.898. The Kier molecular flexibility index (Phi) is 16.6. The van der Waals surface area contributed by atoms with Crippen LogP contribution in [0.5, 0.6) is 0 Å². The molecule has 6 N–H and O–H groups in total. The monoisotopic (exact) mass is 988 g/mol. The second-order valence-electron chi connectivity index (χ2n) is 19.0. The molecule has 4 aromatic carbocycles. The second kappa shape index (κ2) is 23.4. The Morgan fingerprint density at radius 2 is 0.945 bits per heavy atom. The zero-order valence-corrected chi connectivity index (χ0v) is 42.1. The summed E-state index contributed by atoms with van der Waals surface area (Å²) in [5, 5.41) is 17.9. The Labute approximate surface area is 427 Å². The first-order valence-electron chi connectivity index (χ1n) is 25.1. The fraction of sp³-hybridized carbons (Fsp3) is 0.404. The third-order valence-electron chi connectivity index (χ3n) is 14.5. The van der Waals surface area contributed by atoms with E-state index >= 15 is 0 Å². The molecule has 16 heteroatoms. The van der Waals surface area contributed by atoms with Gasteiger partial charge in [-0.05, 0) is 118 Å². The smallest absolute Gasteiger partial charge is 0.249 e. The normalized spacial score (nSPS) is 18.9. The van der Waals surface area contributed by atoms with Gasteiger partial charge in [-0.15, -0.1) is 0 Å². The number of rotatable bonds is 17. The van der Waals surface area contributed by atoms with Gasteiger partial charge in [0.1, 0.15) is 43.0 Å². The Hall–Kier alpha value is -7.50. The summed E-state index contributed by atoms with van der Waals surface area (Å²) in [7, 11) is 3.27. The van der Waals surface area contributed by atoms with Crippen LogP contribution < -0.4 is 31.9 Å². The van der Waals surface area contributed by atoms with Gasteiger partial charge in [0, 0.05) is 19.0 Å². The average Bonchev–Trinajstić information content (AvgIpc) is 4.23. The van der Waals surface area contributed by atoms with Crippen molar-refractivity contribution < 1.29 is 38.2 Å². The van der Waals surface area contributed by atoms with E-state index < -0.39 is 72.1 Å². The van der Waals surface area contributed by atoms with Crippen molar-refractivity contribution in [2.75, 3.05) is 33.8 Å². The number of likely N-dealkylation sites (N-methyl/N-ethyl adjacent to an activating group) is 2. The number of nitrogens with one attached hydrogen (secondary N) is 6. The molecule has 2 saturated heterocycles. The molecule has 0 saturated carbocycles. The van der Waals surface area contributed by atoms with Gasteiger partial charge < -0.3 is 51.2 Å². The topological polar surface area (TPSA) is 200 Å². The van der Waals surface area contributed by atoms with Gasteiger partial charge in [-0.25, -0.2) is 0 Å². The van der Waals surface area contributed by atoms with Crippen LogP contribution in [0.3, 0.4) is 0 Å². The highest BCUT2D eigenvalue weighted by Gasteiger charge is 2.44. The summed E-state index contributed by atoms with van der Waals surface area (Å²) in [6.07, 6.45) is 2.82. The van der Waals surface area contributed by atoms with Crippen LogP contribution in [0.25, 0.3) is 22.3 Å². The quantitative estimate of drug-likeness (QED) is 0.0849. The van der Waals surface area contributed by atoms with Crippen molar-refractivity contribution >= 4 is 35.4 Å².